The minimum absolute atomic E-state index is 0.00781. The Hall–Kier alpha value is -2.24. The van der Waals surface area contributed by atoms with E-state index in [1.165, 1.54) is 0 Å². The Morgan fingerprint density at radius 3 is 2.41 bits per heavy atom. The first kappa shape index (κ1) is 23.0. The molecular formula is C22H26Cl2N2O3. The highest BCUT2D eigenvalue weighted by molar-refractivity contribution is 6.36. The molecule has 0 aromatic heterocycles. The number of nitrogens with one attached hydrogen (secondary N) is 1. The van der Waals surface area contributed by atoms with E-state index < -0.39 is 6.04 Å². The molecule has 156 valence electrons. The smallest absolute Gasteiger partial charge is 0.242 e. The number of hydrogen-bond acceptors (Lipinski definition) is 3. The molecule has 0 aliphatic carbocycles. The summed E-state index contributed by atoms with van der Waals surface area (Å²) in [5.41, 5.74) is 1.41. The molecule has 0 spiro atoms. The van der Waals surface area contributed by atoms with Gasteiger partial charge in [0.15, 0.2) is 0 Å². The van der Waals surface area contributed by atoms with Crippen LogP contribution in [0.1, 0.15) is 31.4 Å². The molecule has 0 saturated carbocycles. The van der Waals surface area contributed by atoms with Crippen molar-refractivity contribution in [2.75, 3.05) is 13.7 Å². The minimum atomic E-state index is -0.651. The zero-order valence-electron chi connectivity index (χ0n) is 16.9. The molecule has 0 bridgehead atoms. The second-order valence-electron chi connectivity index (χ2n) is 6.72. The molecular weight excluding hydrogens is 411 g/mol. The SMILES string of the molecule is CCCNC(=O)C(C)N(Cc1cccc(OC)c1)C(=O)Cc1c(Cl)cccc1Cl. The lowest BCUT2D eigenvalue weighted by molar-refractivity contribution is -0.140. The van der Waals surface area contributed by atoms with Gasteiger partial charge in [0, 0.05) is 23.1 Å². The van der Waals surface area contributed by atoms with E-state index in [2.05, 4.69) is 5.32 Å². The summed E-state index contributed by atoms with van der Waals surface area (Å²) in [6.45, 7) is 4.51. The molecule has 0 heterocycles. The number of rotatable bonds is 9. The zero-order chi connectivity index (χ0) is 21.4. The first-order valence-corrected chi connectivity index (χ1v) is 10.3. The average Bonchev–Trinajstić information content (AvgIpc) is 2.72. The highest BCUT2D eigenvalue weighted by Crippen LogP contribution is 2.26. The monoisotopic (exact) mass is 436 g/mol. The van der Waals surface area contributed by atoms with Crippen molar-refractivity contribution >= 4 is 35.0 Å². The lowest BCUT2D eigenvalue weighted by atomic mass is 10.1. The first-order chi connectivity index (χ1) is 13.9. The fourth-order valence-corrected chi connectivity index (χ4v) is 3.43. The highest BCUT2D eigenvalue weighted by atomic mass is 35.5. The number of halogens is 2. The van der Waals surface area contributed by atoms with Crippen molar-refractivity contribution in [3.05, 3.63) is 63.6 Å². The molecule has 1 atom stereocenters. The number of carbonyl (C=O) groups is 2. The van der Waals surface area contributed by atoms with E-state index in [0.717, 1.165) is 12.0 Å². The van der Waals surface area contributed by atoms with Crippen LogP contribution in [0, 0.1) is 0 Å². The molecule has 1 unspecified atom stereocenters. The number of nitrogens with zero attached hydrogens (tertiary/aromatic N) is 1. The normalized spacial score (nSPS) is 11.6. The highest BCUT2D eigenvalue weighted by Gasteiger charge is 2.27. The molecule has 7 heteroatoms. The van der Waals surface area contributed by atoms with Crippen LogP contribution in [0.4, 0.5) is 0 Å². The summed E-state index contributed by atoms with van der Waals surface area (Å²) in [7, 11) is 1.59. The molecule has 2 amide bonds. The summed E-state index contributed by atoms with van der Waals surface area (Å²) in [4.78, 5) is 27.3. The first-order valence-electron chi connectivity index (χ1n) is 9.50. The summed E-state index contributed by atoms with van der Waals surface area (Å²) in [6.07, 6.45) is 0.825. The van der Waals surface area contributed by atoms with Crippen LogP contribution in [0.2, 0.25) is 10.0 Å². The quantitative estimate of drug-likeness (QED) is 0.629. The van der Waals surface area contributed by atoms with Crippen molar-refractivity contribution in [3.8, 4) is 5.75 Å². The summed E-state index contributed by atoms with van der Waals surface area (Å²) in [5, 5.41) is 3.71. The largest absolute Gasteiger partial charge is 0.497 e. The number of amides is 2. The van der Waals surface area contributed by atoms with Gasteiger partial charge in [-0.2, -0.15) is 0 Å². The Labute approximate surface area is 181 Å². The third-order valence-electron chi connectivity index (χ3n) is 4.59. The molecule has 0 fully saturated rings. The van der Waals surface area contributed by atoms with E-state index >= 15 is 0 Å². The zero-order valence-corrected chi connectivity index (χ0v) is 18.4. The van der Waals surface area contributed by atoms with Crippen molar-refractivity contribution in [3.63, 3.8) is 0 Å². The van der Waals surface area contributed by atoms with Crippen LogP contribution in [0.3, 0.4) is 0 Å². The van der Waals surface area contributed by atoms with Gasteiger partial charge in [-0.15, -0.1) is 0 Å². The van der Waals surface area contributed by atoms with E-state index in [1.54, 1.807) is 37.1 Å². The van der Waals surface area contributed by atoms with E-state index in [-0.39, 0.29) is 24.8 Å². The second-order valence-corrected chi connectivity index (χ2v) is 7.53. The maximum atomic E-state index is 13.2. The van der Waals surface area contributed by atoms with Crippen molar-refractivity contribution in [1.29, 1.82) is 0 Å². The molecule has 0 saturated heterocycles. The minimum Gasteiger partial charge on any atom is -0.497 e. The number of hydrogen-bond donors (Lipinski definition) is 1. The Morgan fingerprint density at radius 2 is 1.79 bits per heavy atom. The van der Waals surface area contributed by atoms with Gasteiger partial charge in [0.05, 0.1) is 13.5 Å². The summed E-state index contributed by atoms with van der Waals surface area (Å²) < 4.78 is 5.27. The van der Waals surface area contributed by atoms with Gasteiger partial charge in [-0.1, -0.05) is 48.3 Å². The number of ether oxygens (including phenoxy) is 1. The van der Waals surface area contributed by atoms with Crippen molar-refractivity contribution < 1.29 is 14.3 Å². The maximum absolute atomic E-state index is 13.2. The molecule has 2 aromatic carbocycles. The molecule has 0 aliphatic rings. The van der Waals surface area contributed by atoms with E-state index in [0.29, 0.717) is 27.9 Å². The van der Waals surface area contributed by atoms with Gasteiger partial charge >= 0.3 is 0 Å². The fraction of sp³-hybridized carbons (Fsp3) is 0.364. The molecule has 0 radical (unpaired) electrons. The van der Waals surface area contributed by atoms with Crippen LogP contribution in [-0.4, -0.2) is 36.4 Å². The third-order valence-corrected chi connectivity index (χ3v) is 5.30. The van der Waals surface area contributed by atoms with Gasteiger partial charge in [0.25, 0.3) is 0 Å². The lowest BCUT2D eigenvalue weighted by Crippen LogP contribution is -2.48. The molecule has 5 nitrogen and oxygen atoms in total. The van der Waals surface area contributed by atoms with Crippen molar-refractivity contribution in [1.82, 2.24) is 10.2 Å². The number of benzene rings is 2. The summed E-state index contributed by atoms with van der Waals surface area (Å²) >= 11 is 12.5. The molecule has 29 heavy (non-hydrogen) atoms. The predicted molar refractivity (Wildman–Crippen MR) is 116 cm³/mol. The Bertz CT molecular complexity index is 837. The lowest BCUT2D eigenvalue weighted by Gasteiger charge is -2.29. The van der Waals surface area contributed by atoms with Crippen LogP contribution in [0.15, 0.2) is 42.5 Å². The van der Waals surface area contributed by atoms with E-state index in [1.807, 2.05) is 31.2 Å². The van der Waals surface area contributed by atoms with Gasteiger partial charge in [-0.3, -0.25) is 9.59 Å². The topological polar surface area (TPSA) is 58.6 Å². The summed E-state index contributed by atoms with van der Waals surface area (Å²) in [5.74, 6) is 0.252. The molecule has 2 aromatic rings. The van der Waals surface area contributed by atoms with Crippen molar-refractivity contribution in [2.24, 2.45) is 0 Å². The Balaban J connectivity index is 2.29. The van der Waals surface area contributed by atoms with Gasteiger partial charge in [0.1, 0.15) is 11.8 Å². The van der Waals surface area contributed by atoms with Gasteiger partial charge in [-0.05, 0) is 48.7 Å². The molecule has 1 N–H and O–H groups in total. The van der Waals surface area contributed by atoms with Crippen LogP contribution in [0.5, 0.6) is 5.75 Å². The van der Waals surface area contributed by atoms with Crippen LogP contribution < -0.4 is 10.1 Å². The molecule has 0 aliphatic heterocycles. The standard InChI is InChI=1S/C22H26Cl2N2O3/c1-4-11-25-22(28)15(2)26(14-16-7-5-8-17(12-16)29-3)21(27)13-18-19(23)9-6-10-20(18)24/h5-10,12,15H,4,11,13-14H2,1-3H3,(H,25,28). The van der Waals surface area contributed by atoms with E-state index in [4.69, 9.17) is 27.9 Å². The number of methoxy groups -OCH3 is 1. The van der Waals surface area contributed by atoms with Crippen LogP contribution in [-0.2, 0) is 22.6 Å². The van der Waals surface area contributed by atoms with Crippen LogP contribution >= 0.6 is 23.2 Å². The second kappa shape index (κ2) is 11.1. The van der Waals surface area contributed by atoms with Gasteiger partial charge < -0.3 is 15.0 Å². The van der Waals surface area contributed by atoms with Gasteiger partial charge in [-0.25, -0.2) is 0 Å². The van der Waals surface area contributed by atoms with E-state index in [9.17, 15) is 9.59 Å². The predicted octanol–water partition coefficient (Wildman–Crippen LogP) is 4.49. The Kier molecular flexibility index (Phi) is 8.80. The Morgan fingerprint density at radius 1 is 1.14 bits per heavy atom. The number of carbonyl (C=O) groups excluding carboxylic acids is 2. The average molecular weight is 437 g/mol. The summed E-state index contributed by atoms with van der Waals surface area (Å²) in [6, 6.07) is 11.9. The van der Waals surface area contributed by atoms with Crippen molar-refractivity contribution in [2.45, 2.75) is 39.3 Å². The maximum Gasteiger partial charge on any atom is 0.242 e. The van der Waals surface area contributed by atoms with Gasteiger partial charge in [0.2, 0.25) is 11.8 Å². The molecule has 2 rings (SSSR count). The van der Waals surface area contributed by atoms with Crippen LogP contribution in [0.25, 0.3) is 0 Å². The third kappa shape index (κ3) is 6.38. The fourth-order valence-electron chi connectivity index (χ4n) is 2.90.